The minimum absolute atomic E-state index is 0.305. The molecule has 1 aliphatic heterocycles. The molecule has 108 valence electrons. The van der Waals surface area contributed by atoms with Gasteiger partial charge in [-0.05, 0) is 24.3 Å². The Labute approximate surface area is 125 Å². The Morgan fingerprint density at radius 3 is 3.19 bits per heavy atom. The van der Waals surface area contributed by atoms with Crippen molar-refractivity contribution in [2.24, 2.45) is 0 Å². The zero-order valence-corrected chi connectivity index (χ0v) is 12.5. The Hall–Kier alpha value is -2.02. The first-order valence-electron chi connectivity index (χ1n) is 7.04. The summed E-state index contributed by atoms with van der Waals surface area (Å²) >= 11 is 1.65. The largest absolute Gasteiger partial charge is 0.355 e. The van der Waals surface area contributed by atoms with Gasteiger partial charge in [0.1, 0.15) is 17.0 Å². The van der Waals surface area contributed by atoms with E-state index >= 15 is 0 Å². The van der Waals surface area contributed by atoms with Crippen molar-refractivity contribution in [2.45, 2.75) is 25.7 Å². The molecule has 7 heteroatoms. The first-order valence-corrected chi connectivity index (χ1v) is 7.92. The number of fused-ring (bicyclic) bond motifs is 1. The van der Waals surface area contributed by atoms with Crippen LogP contribution in [0.3, 0.4) is 0 Å². The number of thiophene rings is 1. The second-order valence-corrected chi connectivity index (χ2v) is 6.19. The summed E-state index contributed by atoms with van der Waals surface area (Å²) in [6.07, 6.45) is 3.84. The van der Waals surface area contributed by atoms with E-state index < -0.39 is 0 Å². The maximum atomic E-state index is 5.11. The molecule has 4 heterocycles. The van der Waals surface area contributed by atoms with Crippen LogP contribution < -0.4 is 4.90 Å². The van der Waals surface area contributed by atoms with E-state index in [1.54, 1.807) is 17.7 Å². The molecule has 0 amide bonds. The van der Waals surface area contributed by atoms with E-state index in [1.807, 2.05) is 6.92 Å². The van der Waals surface area contributed by atoms with Crippen LogP contribution in [0.25, 0.3) is 10.2 Å². The van der Waals surface area contributed by atoms with Crippen molar-refractivity contribution < 1.29 is 4.52 Å². The maximum absolute atomic E-state index is 5.11. The molecule has 1 saturated heterocycles. The molecular formula is C14H15N5OS. The molecule has 0 unspecified atom stereocenters. The summed E-state index contributed by atoms with van der Waals surface area (Å²) in [7, 11) is 0. The van der Waals surface area contributed by atoms with Crippen molar-refractivity contribution in [1.82, 2.24) is 20.1 Å². The molecule has 0 spiro atoms. The zero-order valence-electron chi connectivity index (χ0n) is 11.7. The van der Waals surface area contributed by atoms with Crippen LogP contribution in [0.5, 0.6) is 0 Å². The van der Waals surface area contributed by atoms with E-state index in [-0.39, 0.29) is 0 Å². The summed E-state index contributed by atoms with van der Waals surface area (Å²) in [5.74, 6) is 2.77. The maximum Gasteiger partial charge on any atom is 0.223 e. The third-order valence-corrected chi connectivity index (χ3v) is 4.69. The van der Waals surface area contributed by atoms with E-state index in [0.29, 0.717) is 11.8 Å². The van der Waals surface area contributed by atoms with Crippen LogP contribution in [0, 0.1) is 6.92 Å². The predicted octanol–water partition coefficient (Wildman–Crippen LogP) is 2.77. The number of rotatable bonds is 2. The van der Waals surface area contributed by atoms with Crippen LogP contribution in [-0.4, -0.2) is 33.2 Å². The average Bonchev–Trinajstić information content (AvgIpc) is 3.15. The Morgan fingerprint density at radius 2 is 2.33 bits per heavy atom. The topological polar surface area (TPSA) is 67.9 Å². The number of nitrogens with zero attached hydrogens (tertiary/aromatic N) is 5. The van der Waals surface area contributed by atoms with E-state index in [2.05, 4.69) is 36.5 Å². The Bertz CT molecular complexity index is 767. The van der Waals surface area contributed by atoms with Crippen LogP contribution in [0.2, 0.25) is 0 Å². The van der Waals surface area contributed by atoms with E-state index in [1.165, 1.54) is 0 Å². The Kier molecular flexibility index (Phi) is 3.07. The molecule has 21 heavy (non-hydrogen) atoms. The second kappa shape index (κ2) is 5.07. The molecule has 1 fully saturated rings. The summed E-state index contributed by atoms with van der Waals surface area (Å²) in [5.41, 5.74) is 0. The SMILES string of the molecule is Cc1nc([C@H]2CCCN(c3ncnc4sccc34)C2)no1. The van der Waals surface area contributed by atoms with E-state index in [4.69, 9.17) is 4.52 Å². The van der Waals surface area contributed by atoms with Crippen molar-refractivity contribution >= 4 is 27.4 Å². The standard InChI is InChI=1S/C14H15N5OS/c1-9-17-12(18-20-9)10-3-2-5-19(7-10)13-11-4-6-21-14(11)16-8-15-13/h4,6,8,10H,2-3,5,7H2,1H3/t10-/m0/s1. The van der Waals surface area contributed by atoms with Crippen molar-refractivity contribution in [3.05, 3.63) is 29.5 Å². The van der Waals surface area contributed by atoms with Gasteiger partial charge in [0.2, 0.25) is 5.89 Å². The van der Waals surface area contributed by atoms with Crippen molar-refractivity contribution in [3.63, 3.8) is 0 Å². The third kappa shape index (κ3) is 2.27. The fraction of sp³-hybridized carbons (Fsp3) is 0.429. The lowest BCUT2D eigenvalue weighted by Gasteiger charge is -2.32. The molecular weight excluding hydrogens is 286 g/mol. The highest BCUT2D eigenvalue weighted by Crippen LogP contribution is 2.32. The molecule has 6 nitrogen and oxygen atoms in total. The minimum Gasteiger partial charge on any atom is -0.355 e. The molecule has 0 saturated carbocycles. The van der Waals surface area contributed by atoms with Crippen LogP contribution in [-0.2, 0) is 0 Å². The van der Waals surface area contributed by atoms with Crippen molar-refractivity contribution in [3.8, 4) is 0 Å². The van der Waals surface area contributed by atoms with Gasteiger partial charge < -0.3 is 9.42 Å². The zero-order chi connectivity index (χ0) is 14.2. The van der Waals surface area contributed by atoms with Gasteiger partial charge >= 0.3 is 0 Å². The number of aryl methyl sites for hydroxylation is 1. The fourth-order valence-electron chi connectivity index (χ4n) is 2.89. The average molecular weight is 301 g/mol. The lowest BCUT2D eigenvalue weighted by Crippen LogP contribution is -2.35. The molecule has 4 rings (SSSR count). The lowest BCUT2D eigenvalue weighted by atomic mass is 9.97. The minimum atomic E-state index is 0.305. The van der Waals surface area contributed by atoms with Crippen LogP contribution in [0.15, 0.2) is 22.3 Å². The van der Waals surface area contributed by atoms with Gasteiger partial charge in [-0.3, -0.25) is 0 Å². The van der Waals surface area contributed by atoms with E-state index in [0.717, 1.165) is 47.8 Å². The number of hydrogen-bond donors (Lipinski definition) is 0. The molecule has 1 aliphatic rings. The van der Waals surface area contributed by atoms with Crippen LogP contribution in [0.4, 0.5) is 5.82 Å². The highest BCUT2D eigenvalue weighted by atomic mass is 32.1. The number of anilines is 1. The highest BCUT2D eigenvalue weighted by molar-refractivity contribution is 7.16. The summed E-state index contributed by atoms with van der Waals surface area (Å²) in [6, 6.07) is 2.09. The summed E-state index contributed by atoms with van der Waals surface area (Å²) < 4.78 is 5.11. The lowest BCUT2D eigenvalue weighted by molar-refractivity contribution is 0.377. The van der Waals surface area contributed by atoms with Crippen LogP contribution in [0.1, 0.15) is 30.5 Å². The Balaban J connectivity index is 1.65. The third-order valence-electron chi connectivity index (χ3n) is 3.87. The van der Waals surface area contributed by atoms with Gasteiger partial charge in [0.25, 0.3) is 0 Å². The van der Waals surface area contributed by atoms with Gasteiger partial charge in [-0.2, -0.15) is 4.98 Å². The number of aromatic nitrogens is 4. The van der Waals surface area contributed by atoms with Crippen molar-refractivity contribution in [2.75, 3.05) is 18.0 Å². The second-order valence-electron chi connectivity index (χ2n) is 5.29. The van der Waals surface area contributed by atoms with Crippen LogP contribution >= 0.6 is 11.3 Å². The predicted molar refractivity (Wildman–Crippen MR) is 80.6 cm³/mol. The molecule has 0 aliphatic carbocycles. The van der Waals surface area contributed by atoms with E-state index in [9.17, 15) is 0 Å². The summed E-state index contributed by atoms with van der Waals surface area (Å²) in [4.78, 5) is 16.5. The van der Waals surface area contributed by atoms with Gasteiger partial charge in [0.15, 0.2) is 5.82 Å². The van der Waals surface area contributed by atoms with Crippen molar-refractivity contribution in [1.29, 1.82) is 0 Å². The van der Waals surface area contributed by atoms with Gasteiger partial charge in [0, 0.05) is 25.9 Å². The quantitative estimate of drug-likeness (QED) is 0.725. The fourth-order valence-corrected chi connectivity index (χ4v) is 3.62. The Morgan fingerprint density at radius 1 is 1.38 bits per heavy atom. The monoisotopic (exact) mass is 301 g/mol. The molecule has 1 atom stereocenters. The molecule has 0 aromatic carbocycles. The summed E-state index contributed by atoms with van der Waals surface area (Å²) in [6.45, 7) is 3.71. The highest BCUT2D eigenvalue weighted by Gasteiger charge is 2.26. The number of piperidine rings is 1. The smallest absolute Gasteiger partial charge is 0.223 e. The van der Waals surface area contributed by atoms with Gasteiger partial charge in [0.05, 0.1) is 5.39 Å². The normalized spacial score (nSPS) is 19.3. The van der Waals surface area contributed by atoms with Gasteiger partial charge in [-0.25, -0.2) is 9.97 Å². The molecule has 0 N–H and O–H groups in total. The van der Waals surface area contributed by atoms with Gasteiger partial charge in [-0.1, -0.05) is 5.16 Å². The molecule has 0 radical (unpaired) electrons. The molecule has 0 bridgehead atoms. The first-order chi connectivity index (χ1) is 10.3. The number of hydrogen-bond acceptors (Lipinski definition) is 7. The molecule has 3 aromatic heterocycles. The molecule has 3 aromatic rings. The first kappa shape index (κ1) is 12.7. The summed E-state index contributed by atoms with van der Waals surface area (Å²) in [5, 5.41) is 7.27. The van der Waals surface area contributed by atoms with Gasteiger partial charge in [-0.15, -0.1) is 11.3 Å².